The Labute approximate surface area is 125 Å². The van der Waals surface area contributed by atoms with Gasteiger partial charge in [0, 0.05) is 17.2 Å². The van der Waals surface area contributed by atoms with E-state index in [1.807, 2.05) is 19.1 Å². The van der Waals surface area contributed by atoms with Crippen molar-refractivity contribution in [3.8, 4) is 0 Å². The normalized spacial score (nSPS) is 13.5. The second-order valence-electron chi connectivity index (χ2n) is 6.46. The summed E-state index contributed by atoms with van der Waals surface area (Å²) in [6.45, 7) is 10.6. The van der Waals surface area contributed by atoms with E-state index in [9.17, 15) is 5.11 Å². The number of hydrogen-bond acceptors (Lipinski definition) is 3. The van der Waals surface area contributed by atoms with Gasteiger partial charge >= 0.3 is 0 Å². The molecule has 1 aromatic heterocycles. The van der Waals surface area contributed by atoms with Crippen LogP contribution in [0.15, 0.2) is 23.6 Å². The summed E-state index contributed by atoms with van der Waals surface area (Å²) < 4.78 is 0. The molecule has 2 aromatic rings. The molecule has 0 fully saturated rings. The van der Waals surface area contributed by atoms with Gasteiger partial charge in [-0.25, -0.2) is 4.98 Å². The quantitative estimate of drug-likeness (QED) is 0.912. The van der Waals surface area contributed by atoms with Gasteiger partial charge < -0.3 is 5.11 Å². The van der Waals surface area contributed by atoms with Crippen LogP contribution in [-0.4, -0.2) is 10.1 Å². The third-order valence-electron chi connectivity index (χ3n) is 3.47. The topological polar surface area (TPSA) is 33.1 Å². The number of aryl methyl sites for hydroxylation is 2. The van der Waals surface area contributed by atoms with E-state index in [1.54, 1.807) is 11.3 Å². The minimum absolute atomic E-state index is 0.0689. The Hall–Kier alpha value is -1.19. The number of thiazole rings is 1. The summed E-state index contributed by atoms with van der Waals surface area (Å²) in [6.07, 6.45) is 0.111. The van der Waals surface area contributed by atoms with Crippen LogP contribution in [0.2, 0.25) is 0 Å². The summed E-state index contributed by atoms with van der Waals surface area (Å²) in [5, 5.41) is 13.5. The molecule has 3 heteroatoms. The fourth-order valence-corrected chi connectivity index (χ4v) is 3.28. The Bertz CT molecular complexity index is 595. The first-order chi connectivity index (χ1) is 9.27. The molecule has 0 amide bonds. The van der Waals surface area contributed by atoms with E-state index in [1.165, 1.54) is 5.56 Å². The molecule has 1 N–H and O–H groups in total. The van der Waals surface area contributed by atoms with Gasteiger partial charge in [0.1, 0.15) is 0 Å². The molecule has 0 bridgehead atoms. The minimum atomic E-state index is -0.477. The second-order valence-corrected chi connectivity index (χ2v) is 7.40. The zero-order valence-electron chi connectivity index (χ0n) is 12.9. The van der Waals surface area contributed by atoms with Crippen LogP contribution < -0.4 is 0 Å². The van der Waals surface area contributed by atoms with Gasteiger partial charge in [-0.3, -0.25) is 0 Å². The minimum Gasteiger partial charge on any atom is -0.388 e. The highest BCUT2D eigenvalue weighted by molar-refractivity contribution is 7.09. The summed E-state index contributed by atoms with van der Waals surface area (Å²) in [4.78, 5) is 4.65. The number of benzene rings is 1. The summed E-state index contributed by atoms with van der Waals surface area (Å²) >= 11 is 1.64. The first-order valence-electron chi connectivity index (χ1n) is 6.97. The maximum absolute atomic E-state index is 10.4. The van der Waals surface area contributed by atoms with Gasteiger partial charge in [-0.2, -0.15) is 0 Å². The monoisotopic (exact) mass is 289 g/mol. The highest BCUT2D eigenvalue weighted by Crippen LogP contribution is 2.27. The van der Waals surface area contributed by atoms with Crippen molar-refractivity contribution in [1.29, 1.82) is 0 Å². The number of aromatic nitrogens is 1. The standard InChI is InChI=1S/C17H23NOS/c1-11-6-7-13(12(2)8-11)14(19)9-16-18-15(10-20-16)17(3,4)5/h6-8,10,14,19H,9H2,1-5H3. The molecule has 1 aromatic carbocycles. The molecule has 0 aliphatic heterocycles. The molecular weight excluding hydrogens is 266 g/mol. The molecule has 0 aliphatic carbocycles. The van der Waals surface area contributed by atoms with Gasteiger partial charge in [0.2, 0.25) is 0 Å². The molecule has 20 heavy (non-hydrogen) atoms. The fraction of sp³-hybridized carbons (Fsp3) is 0.471. The van der Waals surface area contributed by atoms with Crippen molar-refractivity contribution in [3.63, 3.8) is 0 Å². The zero-order valence-corrected chi connectivity index (χ0v) is 13.7. The summed E-state index contributed by atoms with van der Waals surface area (Å²) in [7, 11) is 0. The van der Waals surface area contributed by atoms with E-state index in [4.69, 9.17) is 0 Å². The first kappa shape index (κ1) is 15.2. The Morgan fingerprint density at radius 2 is 1.95 bits per heavy atom. The average Bonchev–Trinajstić information content (AvgIpc) is 2.76. The predicted octanol–water partition coefficient (Wildman–Crippen LogP) is 4.33. The third-order valence-corrected chi connectivity index (χ3v) is 4.34. The second kappa shape index (κ2) is 5.66. The largest absolute Gasteiger partial charge is 0.388 e. The molecule has 2 nitrogen and oxygen atoms in total. The van der Waals surface area contributed by atoms with Crippen LogP contribution in [0.25, 0.3) is 0 Å². The number of hydrogen-bond donors (Lipinski definition) is 1. The van der Waals surface area contributed by atoms with Crippen LogP contribution in [0.4, 0.5) is 0 Å². The molecule has 0 aliphatic rings. The Morgan fingerprint density at radius 3 is 2.50 bits per heavy atom. The lowest BCUT2D eigenvalue weighted by atomic mass is 9.93. The van der Waals surface area contributed by atoms with E-state index in [0.717, 1.165) is 21.8 Å². The van der Waals surface area contributed by atoms with Crippen LogP contribution >= 0.6 is 11.3 Å². The van der Waals surface area contributed by atoms with E-state index < -0.39 is 6.10 Å². The average molecular weight is 289 g/mol. The SMILES string of the molecule is Cc1ccc(C(O)Cc2nc(C(C)(C)C)cs2)c(C)c1. The smallest absolute Gasteiger partial charge is 0.0957 e. The van der Waals surface area contributed by atoms with Crippen molar-refractivity contribution in [2.24, 2.45) is 0 Å². The van der Waals surface area contributed by atoms with Crippen molar-refractivity contribution >= 4 is 11.3 Å². The van der Waals surface area contributed by atoms with Crippen LogP contribution in [0, 0.1) is 13.8 Å². The zero-order chi connectivity index (χ0) is 14.9. The molecule has 0 radical (unpaired) electrons. The summed E-state index contributed by atoms with van der Waals surface area (Å²) in [6, 6.07) is 6.18. The lowest BCUT2D eigenvalue weighted by Gasteiger charge is -2.15. The first-order valence-corrected chi connectivity index (χ1v) is 7.85. The number of rotatable bonds is 3. The molecule has 1 heterocycles. The fourth-order valence-electron chi connectivity index (χ4n) is 2.22. The molecular formula is C17H23NOS. The van der Waals surface area contributed by atoms with Crippen molar-refractivity contribution < 1.29 is 5.11 Å². The number of aliphatic hydroxyl groups excluding tert-OH is 1. The highest BCUT2D eigenvalue weighted by atomic mass is 32.1. The van der Waals surface area contributed by atoms with Gasteiger partial charge in [-0.05, 0) is 25.0 Å². The predicted molar refractivity (Wildman–Crippen MR) is 85.4 cm³/mol. The van der Waals surface area contributed by atoms with E-state index in [0.29, 0.717) is 6.42 Å². The Kier molecular flexibility index (Phi) is 4.31. The molecule has 1 unspecified atom stereocenters. The van der Waals surface area contributed by atoms with E-state index in [2.05, 4.69) is 44.1 Å². The van der Waals surface area contributed by atoms with E-state index >= 15 is 0 Å². The van der Waals surface area contributed by atoms with Crippen molar-refractivity contribution in [2.45, 2.75) is 52.6 Å². The van der Waals surface area contributed by atoms with Gasteiger partial charge in [-0.15, -0.1) is 11.3 Å². The highest BCUT2D eigenvalue weighted by Gasteiger charge is 2.19. The lowest BCUT2D eigenvalue weighted by molar-refractivity contribution is 0.177. The number of nitrogens with zero attached hydrogens (tertiary/aromatic N) is 1. The molecule has 0 saturated heterocycles. The molecule has 108 valence electrons. The van der Waals surface area contributed by atoms with Gasteiger partial charge in [-0.1, -0.05) is 44.5 Å². The molecule has 0 saturated carbocycles. The molecule has 0 spiro atoms. The Morgan fingerprint density at radius 1 is 1.25 bits per heavy atom. The summed E-state index contributed by atoms with van der Waals surface area (Å²) in [5.41, 5.74) is 4.54. The van der Waals surface area contributed by atoms with Crippen molar-refractivity contribution in [2.75, 3.05) is 0 Å². The molecule has 1 atom stereocenters. The Balaban J connectivity index is 2.15. The summed E-state index contributed by atoms with van der Waals surface area (Å²) in [5.74, 6) is 0. The van der Waals surface area contributed by atoms with Gasteiger partial charge in [0.05, 0.1) is 16.8 Å². The molecule has 2 rings (SSSR count). The van der Waals surface area contributed by atoms with Crippen molar-refractivity contribution in [3.05, 3.63) is 51.0 Å². The van der Waals surface area contributed by atoms with Crippen LogP contribution in [0.1, 0.15) is 54.3 Å². The van der Waals surface area contributed by atoms with Crippen molar-refractivity contribution in [1.82, 2.24) is 4.98 Å². The maximum atomic E-state index is 10.4. The maximum Gasteiger partial charge on any atom is 0.0957 e. The third kappa shape index (κ3) is 3.47. The van der Waals surface area contributed by atoms with Crippen LogP contribution in [0.3, 0.4) is 0 Å². The lowest BCUT2D eigenvalue weighted by Crippen LogP contribution is -2.12. The van der Waals surface area contributed by atoms with Crippen LogP contribution in [0.5, 0.6) is 0 Å². The van der Waals surface area contributed by atoms with Gasteiger partial charge in [0.25, 0.3) is 0 Å². The van der Waals surface area contributed by atoms with Gasteiger partial charge in [0.15, 0.2) is 0 Å². The number of aliphatic hydroxyl groups is 1. The van der Waals surface area contributed by atoms with E-state index in [-0.39, 0.29) is 5.41 Å². The van der Waals surface area contributed by atoms with Crippen LogP contribution in [-0.2, 0) is 11.8 Å².